The Morgan fingerprint density at radius 1 is 1.47 bits per heavy atom. The van der Waals surface area contributed by atoms with E-state index in [0.29, 0.717) is 15.8 Å². The number of carbonyl (C=O) groups excluding carboxylic acids is 1. The number of hydrogen-bond acceptors (Lipinski definition) is 4. The minimum absolute atomic E-state index is 0.0910. The third-order valence-electron chi connectivity index (χ3n) is 2.27. The Labute approximate surface area is 106 Å². The molecule has 1 heterocycles. The quantitative estimate of drug-likeness (QED) is 0.865. The summed E-state index contributed by atoms with van der Waals surface area (Å²) >= 11 is 3.27. The van der Waals surface area contributed by atoms with Gasteiger partial charge in [0.25, 0.3) is 0 Å². The molecule has 2 aromatic rings. The Kier molecular flexibility index (Phi) is 3.19. The number of carbonyl (C=O) groups is 1. The third-order valence-corrected chi connectivity index (χ3v) is 2.72. The van der Waals surface area contributed by atoms with E-state index in [1.807, 2.05) is 0 Å². The molecule has 1 N–H and O–H groups in total. The highest BCUT2D eigenvalue weighted by Crippen LogP contribution is 2.35. The van der Waals surface area contributed by atoms with Gasteiger partial charge >= 0.3 is 5.97 Å². The van der Waals surface area contributed by atoms with Crippen LogP contribution < -0.4 is 0 Å². The zero-order valence-corrected chi connectivity index (χ0v) is 10.5. The Hall–Kier alpha value is -1.75. The minimum Gasteiger partial charge on any atom is -0.506 e. The fourth-order valence-corrected chi connectivity index (χ4v) is 1.94. The molecule has 0 saturated carbocycles. The highest BCUT2D eigenvalue weighted by Gasteiger charge is 2.18. The molecule has 4 nitrogen and oxygen atoms in total. The summed E-state index contributed by atoms with van der Waals surface area (Å²) in [5, 5.41) is 10.0. The molecule has 0 bridgehead atoms. The van der Waals surface area contributed by atoms with Crippen molar-refractivity contribution in [1.29, 1.82) is 0 Å². The van der Waals surface area contributed by atoms with E-state index >= 15 is 0 Å². The Balaban J connectivity index is 2.62. The largest absolute Gasteiger partial charge is 0.506 e. The van der Waals surface area contributed by atoms with Gasteiger partial charge in [0.05, 0.1) is 18.9 Å². The monoisotopic (exact) mass is 296 g/mol. The summed E-state index contributed by atoms with van der Waals surface area (Å²) in [7, 11) is 1.26. The van der Waals surface area contributed by atoms with Crippen LogP contribution in [0.1, 0.15) is 10.4 Å². The number of phenols is 1. The van der Waals surface area contributed by atoms with Crippen LogP contribution in [0.25, 0.3) is 11.3 Å². The molecule has 0 atom stereocenters. The Morgan fingerprint density at radius 3 is 2.82 bits per heavy atom. The maximum absolute atomic E-state index is 11.5. The summed E-state index contributed by atoms with van der Waals surface area (Å²) in [6.45, 7) is 0. The second-order valence-electron chi connectivity index (χ2n) is 3.32. The van der Waals surface area contributed by atoms with E-state index in [1.165, 1.54) is 19.4 Å². The molecule has 0 saturated heterocycles. The van der Waals surface area contributed by atoms with Gasteiger partial charge in [0.15, 0.2) is 0 Å². The second kappa shape index (κ2) is 4.63. The first kappa shape index (κ1) is 11.7. The molecular formula is C12H9BrO4. The standard InChI is InChI=1S/C12H9BrO4/c1-16-12(15)9-6-7(13)5-8(11(9)14)10-3-2-4-17-10/h2-6,14H,1H3. The van der Waals surface area contributed by atoms with Gasteiger partial charge < -0.3 is 14.3 Å². The average Bonchev–Trinajstić information content (AvgIpc) is 2.84. The van der Waals surface area contributed by atoms with E-state index in [4.69, 9.17) is 4.42 Å². The molecule has 2 rings (SSSR count). The molecular weight excluding hydrogens is 288 g/mol. The Bertz CT molecular complexity index is 546. The van der Waals surface area contributed by atoms with Crippen molar-refractivity contribution in [3.8, 4) is 17.1 Å². The smallest absolute Gasteiger partial charge is 0.341 e. The van der Waals surface area contributed by atoms with E-state index in [1.54, 1.807) is 18.2 Å². The number of phenolic OH excluding ortho intramolecular Hbond substituents is 1. The van der Waals surface area contributed by atoms with Crippen molar-refractivity contribution in [2.24, 2.45) is 0 Å². The summed E-state index contributed by atoms with van der Waals surface area (Å²) < 4.78 is 10.4. The van der Waals surface area contributed by atoms with Crippen molar-refractivity contribution in [3.63, 3.8) is 0 Å². The molecule has 0 radical (unpaired) electrons. The molecule has 0 amide bonds. The molecule has 1 aromatic carbocycles. The lowest BCUT2D eigenvalue weighted by molar-refractivity contribution is 0.0597. The average molecular weight is 297 g/mol. The number of aromatic hydroxyl groups is 1. The third kappa shape index (κ3) is 2.19. The van der Waals surface area contributed by atoms with Crippen LogP contribution >= 0.6 is 15.9 Å². The molecule has 17 heavy (non-hydrogen) atoms. The van der Waals surface area contributed by atoms with Crippen molar-refractivity contribution < 1.29 is 19.1 Å². The highest BCUT2D eigenvalue weighted by molar-refractivity contribution is 9.10. The van der Waals surface area contributed by atoms with Gasteiger partial charge in [0, 0.05) is 4.47 Å². The predicted octanol–water partition coefficient (Wildman–Crippen LogP) is 3.20. The zero-order valence-electron chi connectivity index (χ0n) is 8.94. The number of halogens is 1. The molecule has 1 aromatic heterocycles. The van der Waals surface area contributed by atoms with Crippen LogP contribution in [0.2, 0.25) is 0 Å². The second-order valence-corrected chi connectivity index (χ2v) is 4.23. The van der Waals surface area contributed by atoms with E-state index in [2.05, 4.69) is 20.7 Å². The van der Waals surface area contributed by atoms with Gasteiger partial charge in [-0.05, 0) is 24.3 Å². The molecule has 0 aliphatic heterocycles. The lowest BCUT2D eigenvalue weighted by atomic mass is 10.1. The van der Waals surface area contributed by atoms with Crippen LogP contribution in [-0.4, -0.2) is 18.2 Å². The topological polar surface area (TPSA) is 59.7 Å². The van der Waals surface area contributed by atoms with Crippen LogP contribution in [-0.2, 0) is 4.74 Å². The number of ether oxygens (including phenoxy) is 1. The first-order valence-electron chi connectivity index (χ1n) is 4.78. The van der Waals surface area contributed by atoms with Crippen molar-refractivity contribution in [2.75, 3.05) is 7.11 Å². The molecule has 0 spiro atoms. The van der Waals surface area contributed by atoms with Crippen molar-refractivity contribution in [2.45, 2.75) is 0 Å². The number of esters is 1. The number of rotatable bonds is 2. The molecule has 0 fully saturated rings. The fraction of sp³-hybridized carbons (Fsp3) is 0.0833. The number of methoxy groups -OCH3 is 1. The summed E-state index contributed by atoms with van der Waals surface area (Å²) in [5.74, 6) is -0.277. The summed E-state index contributed by atoms with van der Waals surface area (Å²) in [6.07, 6.45) is 1.49. The van der Waals surface area contributed by atoms with Gasteiger partial charge in [-0.3, -0.25) is 0 Å². The highest BCUT2D eigenvalue weighted by atomic mass is 79.9. The SMILES string of the molecule is COC(=O)c1cc(Br)cc(-c2ccco2)c1O. The van der Waals surface area contributed by atoms with Crippen LogP contribution in [0.15, 0.2) is 39.4 Å². The van der Waals surface area contributed by atoms with Gasteiger partial charge in [-0.15, -0.1) is 0 Å². The van der Waals surface area contributed by atoms with Crippen LogP contribution in [0, 0.1) is 0 Å². The first-order chi connectivity index (χ1) is 8.13. The van der Waals surface area contributed by atoms with E-state index in [-0.39, 0.29) is 11.3 Å². The lowest BCUT2D eigenvalue weighted by Gasteiger charge is -2.07. The predicted molar refractivity (Wildman–Crippen MR) is 64.8 cm³/mol. The van der Waals surface area contributed by atoms with Crippen molar-refractivity contribution in [3.05, 3.63) is 40.6 Å². The molecule has 0 aliphatic carbocycles. The first-order valence-corrected chi connectivity index (χ1v) is 5.57. The molecule has 88 valence electrons. The summed E-state index contributed by atoms with van der Waals surface area (Å²) in [5.41, 5.74) is 0.526. The maximum Gasteiger partial charge on any atom is 0.341 e. The number of furan rings is 1. The van der Waals surface area contributed by atoms with Gasteiger partial charge in [0.1, 0.15) is 17.1 Å². The van der Waals surface area contributed by atoms with Crippen LogP contribution in [0.3, 0.4) is 0 Å². The molecule has 0 unspecified atom stereocenters. The normalized spacial score (nSPS) is 10.2. The summed E-state index contributed by atoms with van der Waals surface area (Å²) in [4.78, 5) is 11.5. The Morgan fingerprint density at radius 2 is 2.24 bits per heavy atom. The van der Waals surface area contributed by atoms with E-state index in [0.717, 1.165) is 0 Å². The van der Waals surface area contributed by atoms with Crippen molar-refractivity contribution in [1.82, 2.24) is 0 Å². The van der Waals surface area contributed by atoms with E-state index in [9.17, 15) is 9.90 Å². The van der Waals surface area contributed by atoms with Crippen molar-refractivity contribution >= 4 is 21.9 Å². The van der Waals surface area contributed by atoms with Crippen LogP contribution in [0.5, 0.6) is 5.75 Å². The maximum atomic E-state index is 11.5. The van der Waals surface area contributed by atoms with Gasteiger partial charge in [0.2, 0.25) is 0 Å². The number of benzene rings is 1. The molecule has 5 heteroatoms. The zero-order chi connectivity index (χ0) is 12.4. The van der Waals surface area contributed by atoms with Gasteiger partial charge in [-0.1, -0.05) is 15.9 Å². The van der Waals surface area contributed by atoms with Gasteiger partial charge in [-0.25, -0.2) is 4.79 Å². The molecule has 0 aliphatic rings. The van der Waals surface area contributed by atoms with Gasteiger partial charge in [-0.2, -0.15) is 0 Å². The lowest BCUT2D eigenvalue weighted by Crippen LogP contribution is -2.02. The summed E-state index contributed by atoms with van der Waals surface area (Å²) in [6, 6.07) is 6.56. The van der Waals surface area contributed by atoms with E-state index < -0.39 is 5.97 Å². The fourth-order valence-electron chi connectivity index (χ4n) is 1.48. The van der Waals surface area contributed by atoms with Crippen LogP contribution in [0.4, 0.5) is 0 Å². The minimum atomic E-state index is -0.600. The number of hydrogen-bond donors (Lipinski definition) is 1.